The van der Waals surface area contributed by atoms with Crippen molar-refractivity contribution in [1.29, 1.82) is 0 Å². The van der Waals surface area contributed by atoms with Gasteiger partial charge in [-0.1, -0.05) is 48.7 Å². The molecule has 0 aliphatic heterocycles. The number of fused-ring (bicyclic) bond motifs is 1. The molecule has 1 aromatic heterocycles. The summed E-state index contributed by atoms with van der Waals surface area (Å²) in [6, 6.07) is 14.7. The largest absolute Gasteiger partial charge is 0.280 e. The number of alkyl halides is 1. The molecule has 6 heteroatoms. The SMILES string of the molecule is Cc1ccc(S(=O)(=O)C(CCCCCCl)c2[nH]nc3ccccc23)cc1. The van der Waals surface area contributed by atoms with E-state index in [-0.39, 0.29) is 0 Å². The van der Waals surface area contributed by atoms with Crippen LogP contribution < -0.4 is 0 Å². The molecule has 1 N–H and O–H groups in total. The Bertz CT molecular complexity index is 965. The molecule has 26 heavy (non-hydrogen) atoms. The van der Waals surface area contributed by atoms with Gasteiger partial charge in [-0.25, -0.2) is 8.42 Å². The summed E-state index contributed by atoms with van der Waals surface area (Å²) in [5.74, 6) is 0.600. The highest BCUT2D eigenvalue weighted by Gasteiger charge is 2.31. The average molecular weight is 391 g/mol. The predicted octanol–water partition coefficient (Wildman–Crippen LogP) is 5.19. The Hall–Kier alpha value is -1.85. The van der Waals surface area contributed by atoms with Gasteiger partial charge in [0.25, 0.3) is 0 Å². The normalized spacial score (nSPS) is 13.2. The van der Waals surface area contributed by atoms with E-state index in [9.17, 15) is 8.42 Å². The zero-order valence-corrected chi connectivity index (χ0v) is 16.4. The van der Waals surface area contributed by atoms with Crippen molar-refractivity contribution in [3.63, 3.8) is 0 Å². The Balaban J connectivity index is 2.01. The second kappa shape index (κ2) is 8.23. The van der Waals surface area contributed by atoms with Gasteiger partial charge in [0.2, 0.25) is 0 Å². The van der Waals surface area contributed by atoms with Crippen LogP contribution >= 0.6 is 11.6 Å². The van der Waals surface area contributed by atoms with Crippen LogP contribution in [0.4, 0.5) is 0 Å². The summed E-state index contributed by atoms with van der Waals surface area (Å²) in [5.41, 5.74) is 2.49. The monoisotopic (exact) mass is 390 g/mol. The van der Waals surface area contributed by atoms with E-state index in [1.807, 2.05) is 43.3 Å². The van der Waals surface area contributed by atoms with Crippen molar-refractivity contribution in [2.45, 2.75) is 42.8 Å². The number of hydrogen-bond acceptors (Lipinski definition) is 3. The highest BCUT2D eigenvalue weighted by atomic mass is 35.5. The molecule has 0 saturated heterocycles. The number of nitrogens with zero attached hydrogens (tertiary/aromatic N) is 1. The summed E-state index contributed by atoms with van der Waals surface area (Å²) in [4.78, 5) is 0.351. The molecule has 138 valence electrons. The first-order valence-corrected chi connectivity index (χ1v) is 10.9. The molecule has 1 atom stereocenters. The van der Waals surface area contributed by atoms with Gasteiger partial charge in [0, 0.05) is 11.3 Å². The molecule has 0 spiro atoms. The molecule has 2 aromatic carbocycles. The fourth-order valence-electron chi connectivity index (χ4n) is 3.17. The van der Waals surface area contributed by atoms with Gasteiger partial charge < -0.3 is 0 Å². The van der Waals surface area contributed by atoms with Crippen LogP contribution in [0, 0.1) is 6.92 Å². The van der Waals surface area contributed by atoms with Gasteiger partial charge >= 0.3 is 0 Å². The van der Waals surface area contributed by atoms with Crippen LogP contribution in [0.5, 0.6) is 0 Å². The third kappa shape index (κ3) is 3.94. The van der Waals surface area contributed by atoms with Gasteiger partial charge in [0.1, 0.15) is 5.25 Å². The van der Waals surface area contributed by atoms with Gasteiger partial charge in [-0.2, -0.15) is 5.10 Å². The van der Waals surface area contributed by atoms with Crippen LogP contribution in [0.15, 0.2) is 53.4 Å². The standard InChI is InChI=1S/C20H23ClN2O2S/c1-15-10-12-16(13-11-15)26(24,25)19(9-3-2-6-14-21)20-17-7-4-5-8-18(17)22-23-20/h4-5,7-8,10-13,19H,2-3,6,9,14H2,1H3,(H,22,23). The van der Waals surface area contributed by atoms with Crippen LogP contribution in [0.2, 0.25) is 0 Å². The van der Waals surface area contributed by atoms with E-state index >= 15 is 0 Å². The lowest BCUT2D eigenvalue weighted by molar-refractivity contribution is 0.561. The number of rotatable bonds is 8. The number of aromatic nitrogens is 2. The number of halogens is 1. The molecule has 3 aromatic rings. The van der Waals surface area contributed by atoms with Gasteiger partial charge in [0.05, 0.1) is 16.1 Å². The molecule has 0 bridgehead atoms. The number of sulfone groups is 1. The molecular formula is C20H23ClN2O2S. The lowest BCUT2D eigenvalue weighted by Crippen LogP contribution is -2.15. The fraction of sp³-hybridized carbons (Fsp3) is 0.350. The summed E-state index contributed by atoms with van der Waals surface area (Å²) in [7, 11) is -3.52. The van der Waals surface area contributed by atoms with Crippen molar-refractivity contribution in [3.8, 4) is 0 Å². The third-order valence-electron chi connectivity index (χ3n) is 4.64. The molecule has 0 amide bonds. The number of para-hydroxylation sites is 1. The molecule has 1 unspecified atom stereocenters. The van der Waals surface area contributed by atoms with Crippen molar-refractivity contribution < 1.29 is 8.42 Å². The number of benzene rings is 2. The maximum absolute atomic E-state index is 13.4. The van der Waals surface area contributed by atoms with Crippen LogP contribution in [-0.2, 0) is 9.84 Å². The van der Waals surface area contributed by atoms with Gasteiger partial charge in [0.15, 0.2) is 9.84 Å². The van der Waals surface area contributed by atoms with E-state index in [2.05, 4.69) is 10.2 Å². The quantitative estimate of drug-likeness (QED) is 0.425. The number of H-pyrrole nitrogens is 1. The first-order valence-electron chi connectivity index (χ1n) is 8.83. The Labute approximate surface area is 159 Å². The molecule has 0 aliphatic rings. The van der Waals surface area contributed by atoms with Crippen molar-refractivity contribution >= 4 is 32.3 Å². The van der Waals surface area contributed by atoms with E-state index in [1.54, 1.807) is 12.1 Å². The van der Waals surface area contributed by atoms with E-state index < -0.39 is 15.1 Å². The number of aromatic amines is 1. The van der Waals surface area contributed by atoms with Crippen LogP contribution in [0.1, 0.15) is 42.2 Å². The number of aryl methyl sites for hydroxylation is 1. The molecule has 0 saturated carbocycles. The highest BCUT2D eigenvalue weighted by molar-refractivity contribution is 7.91. The Morgan fingerprint density at radius 1 is 1.04 bits per heavy atom. The lowest BCUT2D eigenvalue weighted by atomic mass is 10.1. The topological polar surface area (TPSA) is 62.8 Å². The summed E-state index contributed by atoms with van der Waals surface area (Å²) in [6.07, 6.45) is 3.15. The summed E-state index contributed by atoms with van der Waals surface area (Å²) in [6.45, 7) is 1.95. The minimum Gasteiger partial charge on any atom is -0.280 e. The zero-order chi connectivity index (χ0) is 18.6. The Kier molecular flexibility index (Phi) is 5.99. The number of unbranched alkanes of at least 4 members (excludes halogenated alkanes) is 2. The van der Waals surface area contributed by atoms with Crippen molar-refractivity contribution in [3.05, 3.63) is 59.8 Å². The minimum atomic E-state index is -3.52. The Morgan fingerprint density at radius 3 is 2.50 bits per heavy atom. The van der Waals surface area contributed by atoms with Gasteiger partial charge in [-0.3, -0.25) is 5.10 Å². The molecule has 1 heterocycles. The van der Waals surface area contributed by atoms with E-state index in [1.165, 1.54) is 0 Å². The molecule has 3 rings (SSSR count). The van der Waals surface area contributed by atoms with Gasteiger partial charge in [-0.05, 0) is 38.0 Å². The second-order valence-corrected chi connectivity index (χ2v) is 9.05. The second-order valence-electron chi connectivity index (χ2n) is 6.54. The first kappa shape index (κ1) is 18.9. The smallest absolute Gasteiger partial charge is 0.186 e. The van der Waals surface area contributed by atoms with Crippen LogP contribution in [0.3, 0.4) is 0 Å². The first-order chi connectivity index (χ1) is 12.5. The maximum atomic E-state index is 13.4. The third-order valence-corrected chi connectivity index (χ3v) is 7.05. The summed E-state index contributed by atoms with van der Waals surface area (Å²) >= 11 is 5.76. The van der Waals surface area contributed by atoms with Gasteiger partial charge in [-0.15, -0.1) is 11.6 Å². The molecule has 0 radical (unpaired) electrons. The minimum absolute atomic E-state index is 0.351. The lowest BCUT2D eigenvalue weighted by Gasteiger charge is -2.17. The van der Waals surface area contributed by atoms with E-state index in [0.717, 1.165) is 35.7 Å². The Morgan fingerprint density at radius 2 is 1.77 bits per heavy atom. The van der Waals surface area contributed by atoms with Crippen molar-refractivity contribution in [1.82, 2.24) is 10.2 Å². The van der Waals surface area contributed by atoms with E-state index in [4.69, 9.17) is 11.6 Å². The molecular weight excluding hydrogens is 368 g/mol. The molecule has 0 aliphatic carbocycles. The predicted molar refractivity (Wildman–Crippen MR) is 106 cm³/mol. The molecule has 0 fully saturated rings. The van der Waals surface area contributed by atoms with Crippen molar-refractivity contribution in [2.24, 2.45) is 0 Å². The van der Waals surface area contributed by atoms with Crippen molar-refractivity contribution in [2.75, 3.05) is 5.88 Å². The number of hydrogen-bond donors (Lipinski definition) is 1. The fourth-order valence-corrected chi connectivity index (χ4v) is 5.17. The maximum Gasteiger partial charge on any atom is 0.186 e. The average Bonchev–Trinajstić information content (AvgIpc) is 3.06. The van der Waals surface area contributed by atoms with E-state index in [0.29, 0.717) is 22.9 Å². The molecule has 4 nitrogen and oxygen atoms in total. The summed E-state index contributed by atoms with van der Waals surface area (Å²) in [5, 5.41) is 7.50. The van der Waals surface area contributed by atoms with Crippen LogP contribution in [-0.4, -0.2) is 24.5 Å². The summed E-state index contributed by atoms with van der Waals surface area (Å²) < 4.78 is 26.8. The number of nitrogens with one attached hydrogen (secondary N) is 1. The zero-order valence-electron chi connectivity index (χ0n) is 14.8. The highest BCUT2D eigenvalue weighted by Crippen LogP contribution is 2.36. The van der Waals surface area contributed by atoms with Crippen LogP contribution in [0.25, 0.3) is 10.9 Å².